The highest BCUT2D eigenvalue weighted by Crippen LogP contribution is 2.22. The third-order valence-corrected chi connectivity index (χ3v) is 5.87. The second-order valence-corrected chi connectivity index (χ2v) is 8.13. The van der Waals surface area contributed by atoms with Gasteiger partial charge in [0, 0.05) is 43.1 Å². The van der Waals surface area contributed by atoms with Crippen molar-refractivity contribution in [1.82, 2.24) is 20.1 Å². The van der Waals surface area contributed by atoms with Crippen LogP contribution in [-0.4, -0.2) is 45.0 Å². The first-order valence-corrected chi connectivity index (χ1v) is 10.9. The van der Waals surface area contributed by atoms with Gasteiger partial charge in [0.15, 0.2) is 0 Å². The highest BCUT2D eigenvalue weighted by Gasteiger charge is 2.29. The number of hydrogen-bond donors (Lipinski definition) is 1. The maximum atomic E-state index is 12.7. The zero-order valence-corrected chi connectivity index (χ0v) is 17.5. The van der Waals surface area contributed by atoms with E-state index in [9.17, 15) is 9.59 Å². The number of aromatic nitrogens is 3. The van der Waals surface area contributed by atoms with E-state index in [1.807, 2.05) is 35.9 Å². The van der Waals surface area contributed by atoms with E-state index in [-0.39, 0.29) is 24.2 Å². The number of carbonyl (C=O) groups excluding carboxylic acids is 2. The van der Waals surface area contributed by atoms with Gasteiger partial charge >= 0.3 is 0 Å². The molecule has 4 heterocycles. The third kappa shape index (κ3) is 4.73. The molecule has 0 bridgehead atoms. The molecule has 1 saturated heterocycles. The summed E-state index contributed by atoms with van der Waals surface area (Å²) in [6.45, 7) is 2.98. The molecule has 9 heteroatoms. The predicted molar refractivity (Wildman–Crippen MR) is 113 cm³/mol. The van der Waals surface area contributed by atoms with Crippen LogP contribution >= 0.6 is 11.3 Å². The summed E-state index contributed by atoms with van der Waals surface area (Å²) in [6.07, 6.45) is 3.87. The fourth-order valence-corrected chi connectivity index (χ4v) is 4.11. The van der Waals surface area contributed by atoms with Gasteiger partial charge in [0.05, 0.1) is 5.92 Å². The van der Waals surface area contributed by atoms with Crippen molar-refractivity contribution in [3.8, 4) is 11.5 Å². The Balaban J connectivity index is 1.30. The summed E-state index contributed by atoms with van der Waals surface area (Å²) in [5.74, 6) is 1.16. The molecule has 0 radical (unpaired) electrons. The smallest absolute Gasteiger partial charge is 0.248 e. The lowest BCUT2D eigenvalue weighted by Crippen LogP contribution is -2.44. The summed E-state index contributed by atoms with van der Waals surface area (Å²) in [6, 6.07) is 5.65. The molecule has 1 fully saturated rings. The molecule has 1 unspecified atom stereocenters. The number of rotatable bonds is 6. The number of thiophene rings is 1. The molecular weight excluding hydrogens is 402 g/mol. The average molecular weight is 426 g/mol. The van der Waals surface area contributed by atoms with Crippen LogP contribution in [0, 0.1) is 12.8 Å². The third-order valence-electron chi connectivity index (χ3n) is 5.18. The van der Waals surface area contributed by atoms with Crippen molar-refractivity contribution in [3.05, 3.63) is 46.6 Å². The number of nitrogens with one attached hydrogen (secondary N) is 1. The molecule has 1 N–H and O–H groups in total. The van der Waals surface area contributed by atoms with E-state index in [0.717, 1.165) is 24.0 Å². The monoisotopic (exact) mass is 425 g/mol. The number of carbonyl (C=O) groups is 2. The Morgan fingerprint density at radius 2 is 2.23 bits per heavy atom. The molecule has 3 aromatic rings. The van der Waals surface area contributed by atoms with Gasteiger partial charge in [-0.15, -0.1) is 10.2 Å². The lowest BCUT2D eigenvalue weighted by atomic mass is 9.96. The van der Waals surface area contributed by atoms with E-state index in [1.165, 1.54) is 0 Å². The van der Waals surface area contributed by atoms with E-state index >= 15 is 0 Å². The van der Waals surface area contributed by atoms with Crippen LogP contribution < -0.4 is 5.32 Å². The minimum atomic E-state index is -0.238. The normalized spacial score (nSPS) is 16.4. The second kappa shape index (κ2) is 9.17. The van der Waals surface area contributed by atoms with Crippen molar-refractivity contribution >= 4 is 29.0 Å². The molecule has 156 valence electrons. The van der Waals surface area contributed by atoms with Gasteiger partial charge in [-0.2, -0.15) is 11.3 Å². The summed E-state index contributed by atoms with van der Waals surface area (Å²) in [5.41, 5.74) is 1.80. The van der Waals surface area contributed by atoms with Crippen LogP contribution in [0.1, 0.15) is 30.7 Å². The van der Waals surface area contributed by atoms with Crippen LogP contribution in [0.4, 0.5) is 5.82 Å². The number of piperidine rings is 1. The van der Waals surface area contributed by atoms with E-state index in [0.29, 0.717) is 37.1 Å². The fraction of sp³-hybridized carbons (Fsp3) is 0.381. The van der Waals surface area contributed by atoms with E-state index in [1.54, 1.807) is 22.4 Å². The zero-order valence-electron chi connectivity index (χ0n) is 16.7. The molecule has 3 aromatic heterocycles. The molecular formula is C21H23N5O3S. The van der Waals surface area contributed by atoms with Gasteiger partial charge in [0.1, 0.15) is 5.82 Å². The summed E-state index contributed by atoms with van der Waals surface area (Å²) >= 11 is 1.56. The predicted octanol–water partition coefficient (Wildman–Crippen LogP) is 3.31. The Morgan fingerprint density at radius 3 is 3.03 bits per heavy atom. The Hall–Kier alpha value is -3.07. The maximum absolute atomic E-state index is 12.7. The number of nitrogens with zero attached hydrogens (tertiary/aromatic N) is 4. The standard InChI is InChI=1S/C21H23N5O3S/c1-14-4-2-9-22-19(14)23-20(28)15-5-3-10-26(12-15)18(27)7-6-17-24-25-21(29-17)16-8-11-30-13-16/h2,4,8-9,11,13,15H,3,5-7,10,12H2,1H3,(H,22,23,28). The number of hydrogen-bond acceptors (Lipinski definition) is 7. The molecule has 8 nitrogen and oxygen atoms in total. The number of amides is 2. The highest BCUT2D eigenvalue weighted by molar-refractivity contribution is 7.08. The van der Waals surface area contributed by atoms with Crippen LogP contribution in [0.25, 0.3) is 11.5 Å². The zero-order chi connectivity index (χ0) is 20.9. The Bertz CT molecular complexity index is 1020. The molecule has 4 rings (SSSR count). The van der Waals surface area contributed by atoms with E-state index in [2.05, 4.69) is 20.5 Å². The Morgan fingerprint density at radius 1 is 1.33 bits per heavy atom. The second-order valence-electron chi connectivity index (χ2n) is 7.35. The summed E-state index contributed by atoms with van der Waals surface area (Å²) in [5, 5.41) is 14.8. The Kier molecular flexibility index (Phi) is 6.18. The SMILES string of the molecule is Cc1cccnc1NC(=O)C1CCCN(C(=O)CCc2nnc(-c3ccsc3)o2)C1. The molecule has 0 aliphatic carbocycles. The minimum absolute atomic E-state index is 0.00296. The molecule has 0 aromatic carbocycles. The molecule has 1 aliphatic heterocycles. The lowest BCUT2D eigenvalue weighted by molar-refractivity contribution is -0.134. The van der Waals surface area contributed by atoms with Crippen LogP contribution in [0.3, 0.4) is 0 Å². The Labute approximate surface area is 178 Å². The number of aryl methyl sites for hydroxylation is 2. The molecule has 0 spiro atoms. The summed E-state index contributed by atoms with van der Waals surface area (Å²) < 4.78 is 5.65. The fourth-order valence-electron chi connectivity index (χ4n) is 3.48. The minimum Gasteiger partial charge on any atom is -0.421 e. The largest absolute Gasteiger partial charge is 0.421 e. The summed E-state index contributed by atoms with van der Waals surface area (Å²) in [7, 11) is 0. The van der Waals surface area contributed by atoms with Crippen molar-refractivity contribution < 1.29 is 14.0 Å². The van der Waals surface area contributed by atoms with Crippen LogP contribution in [0.5, 0.6) is 0 Å². The van der Waals surface area contributed by atoms with E-state index in [4.69, 9.17) is 4.42 Å². The van der Waals surface area contributed by atoms with E-state index < -0.39 is 0 Å². The summed E-state index contributed by atoms with van der Waals surface area (Å²) in [4.78, 5) is 31.3. The van der Waals surface area contributed by atoms with Crippen LogP contribution in [0.15, 0.2) is 39.6 Å². The van der Waals surface area contributed by atoms with Gasteiger partial charge in [0.25, 0.3) is 0 Å². The maximum Gasteiger partial charge on any atom is 0.248 e. The molecule has 0 saturated carbocycles. The highest BCUT2D eigenvalue weighted by atomic mass is 32.1. The molecule has 1 aliphatic rings. The van der Waals surface area contributed by atoms with Crippen LogP contribution in [-0.2, 0) is 16.0 Å². The van der Waals surface area contributed by atoms with Crippen molar-refractivity contribution in [2.45, 2.75) is 32.6 Å². The van der Waals surface area contributed by atoms with Crippen molar-refractivity contribution in [2.75, 3.05) is 18.4 Å². The van der Waals surface area contributed by atoms with Gasteiger partial charge in [-0.05, 0) is 42.8 Å². The van der Waals surface area contributed by atoms with Gasteiger partial charge in [-0.1, -0.05) is 6.07 Å². The van der Waals surface area contributed by atoms with Gasteiger partial charge in [-0.3, -0.25) is 9.59 Å². The molecule has 2 amide bonds. The van der Waals surface area contributed by atoms with Crippen molar-refractivity contribution in [3.63, 3.8) is 0 Å². The number of pyridine rings is 1. The first kappa shape index (κ1) is 20.2. The number of anilines is 1. The quantitative estimate of drug-likeness (QED) is 0.650. The van der Waals surface area contributed by atoms with Gasteiger partial charge in [0.2, 0.25) is 23.6 Å². The molecule has 30 heavy (non-hydrogen) atoms. The van der Waals surface area contributed by atoms with Crippen molar-refractivity contribution in [1.29, 1.82) is 0 Å². The van der Waals surface area contributed by atoms with Gasteiger partial charge in [-0.25, -0.2) is 4.98 Å². The van der Waals surface area contributed by atoms with Crippen molar-refractivity contribution in [2.24, 2.45) is 5.92 Å². The number of likely N-dealkylation sites (tertiary alicyclic amines) is 1. The molecule has 1 atom stereocenters. The first-order valence-electron chi connectivity index (χ1n) is 9.95. The average Bonchev–Trinajstić information content (AvgIpc) is 3.45. The van der Waals surface area contributed by atoms with Gasteiger partial charge < -0.3 is 14.6 Å². The first-order chi connectivity index (χ1) is 14.6. The van der Waals surface area contributed by atoms with Crippen LogP contribution in [0.2, 0.25) is 0 Å². The lowest BCUT2D eigenvalue weighted by Gasteiger charge is -2.32. The topological polar surface area (TPSA) is 101 Å².